The first-order valence-corrected chi connectivity index (χ1v) is 6.16. The number of H-pyrrole nitrogens is 1. The highest BCUT2D eigenvalue weighted by molar-refractivity contribution is 5.61. The molecule has 1 aliphatic carbocycles. The molecular formula is C14H16N3. The van der Waals surface area contributed by atoms with Crippen molar-refractivity contribution in [2.24, 2.45) is 0 Å². The normalized spacial score (nSPS) is 15.9. The smallest absolute Gasteiger partial charge is 0.161 e. The summed E-state index contributed by atoms with van der Waals surface area (Å²) in [4.78, 5) is 3.21. The number of hydrogen-bond acceptors (Lipinski definition) is 2. The van der Waals surface area contributed by atoms with Crippen molar-refractivity contribution in [1.82, 2.24) is 15.2 Å². The lowest BCUT2D eigenvalue weighted by molar-refractivity contribution is 0.420. The Kier molecular flexibility index (Phi) is 2.46. The van der Waals surface area contributed by atoms with Gasteiger partial charge in [0.1, 0.15) is 5.82 Å². The first kappa shape index (κ1) is 10.5. The van der Waals surface area contributed by atoms with E-state index < -0.39 is 0 Å². The van der Waals surface area contributed by atoms with E-state index in [-0.39, 0.29) is 0 Å². The fourth-order valence-electron chi connectivity index (χ4n) is 2.35. The molecule has 0 amide bonds. The van der Waals surface area contributed by atoms with E-state index in [1.165, 1.54) is 36.0 Å². The van der Waals surface area contributed by atoms with Crippen LogP contribution in [0.5, 0.6) is 0 Å². The van der Waals surface area contributed by atoms with E-state index in [0.29, 0.717) is 5.92 Å². The molecule has 2 aromatic rings. The Morgan fingerprint density at radius 2 is 2.12 bits per heavy atom. The molecule has 17 heavy (non-hydrogen) atoms. The minimum atomic E-state index is 0.698. The van der Waals surface area contributed by atoms with Crippen LogP contribution in [-0.4, -0.2) is 15.2 Å². The van der Waals surface area contributed by atoms with Gasteiger partial charge in [0.2, 0.25) is 0 Å². The van der Waals surface area contributed by atoms with Crippen molar-refractivity contribution < 1.29 is 0 Å². The molecule has 87 valence electrons. The zero-order valence-electron chi connectivity index (χ0n) is 10.2. The molecule has 0 aliphatic heterocycles. The van der Waals surface area contributed by atoms with Crippen LogP contribution in [0.25, 0.3) is 11.4 Å². The van der Waals surface area contributed by atoms with E-state index in [1.807, 2.05) is 13.0 Å². The first-order valence-electron chi connectivity index (χ1n) is 6.16. The second-order valence-corrected chi connectivity index (χ2v) is 4.87. The summed E-state index contributed by atoms with van der Waals surface area (Å²) in [5, 5.41) is 8.23. The summed E-state index contributed by atoms with van der Waals surface area (Å²) in [6.45, 7) is 4.02. The maximum absolute atomic E-state index is 4.19. The second kappa shape index (κ2) is 3.99. The summed E-state index contributed by atoms with van der Waals surface area (Å²) in [6, 6.07) is 7.55. The topological polar surface area (TPSA) is 41.6 Å². The molecule has 1 aromatic carbocycles. The molecule has 0 spiro atoms. The van der Waals surface area contributed by atoms with Crippen LogP contribution in [0, 0.1) is 19.9 Å². The molecule has 3 heteroatoms. The summed E-state index contributed by atoms with van der Waals surface area (Å²) in [5.74, 6) is 2.43. The van der Waals surface area contributed by atoms with Gasteiger partial charge in [-0.3, -0.25) is 0 Å². The molecule has 0 atom stereocenters. The molecule has 0 saturated heterocycles. The molecule has 3 nitrogen and oxygen atoms in total. The van der Waals surface area contributed by atoms with Crippen LogP contribution < -0.4 is 0 Å². The van der Waals surface area contributed by atoms with Gasteiger partial charge in [0.15, 0.2) is 5.82 Å². The van der Waals surface area contributed by atoms with E-state index in [1.54, 1.807) is 0 Å². The molecular weight excluding hydrogens is 210 g/mol. The minimum absolute atomic E-state index is 0.698. The number of benzene rings is 1. The second-order valence-electron chi connectivity index (χ2n) is 4.87. The molecule has 1 aliphatic rings. The quantitative estimate of drug-likeness (QED) is 0.854. The lowest BCUT2D eigenvalue weighted by Crippen LogP contribution is -2.10. The van der Waals surface area contributed by atoms with Crippen molar-refractivity contribution in [1.29, 1.82) is 0 Å². The van der Waals surface area contributed by atoms with Gasteiger partial charge in [0.05, 0.1) is 0 Å². The van der Waals surface area contributed by atoms with Crippen LogP contribution in [-0.2, 0) is 0 Å². The van der Waals surface area contributed by atoms with Crippen molar-refractivity contribution in [2.75, 3.05) is 0 Å². The van der Waals surface area contributed by atoms with Crippen molar-refractivity contribution >= 4 is 0 Å². The third kappa shape index (κ3) is 1.86. The molecule has 1 N–H and O–H groups in total. The van der Waals surface area contributed by atoms with Crippen LogP contribution in [0.3, 0.4) is 0 Å². The summed E-state index contributed by atoms with van der Waals surface area (Å²) in [6.07, 6.45) is 3.93. The SMILES string of the molecule is Cc1[c]cc(-c2nnc(C)[nH]2)c(C2CCC2)c1. The van der Waals surface area contributed by atoms with Crippen LogP contribution in [0.2, 0.25) is 0 Å². The summed E-state index contributed by atoms with van der Waals surface area (Å²) >= 11 is 0. The largest absolute Gasteiger partial charge is 0.325 e. The van der Waals surface area contributed by atoms with Gasteiger partial charge >= 0.3 is 0 Å². The van der Waals surface area contributed by atoms with Crippen LogP contribution >= 0.6 is 0 Å². The summed E-state index contributed by atoms with van der Waals surface area (Å²) in [5.41, 5.74) is 3.77. The predicted molar refractivity (Wildman–Crippen MR) is 66.7 cm³/mol. The predicted octanol–water partition coefficient (Wildman–Crippen LogP) is 3.16. The van der Waals surface area contributed by atoms with Gasteiger partial charge in [0, 0.05) is 5.56 Å². The van der Waals surface area contributed by atoms with Gasteiger partial charge in [-0.1, -0.05) is 12.5 Å². The zero-order valence-corrected chi connectivity index (χ0v) is 10.2. The van der Waals surface area contributed by atoms with Gasteiger partial charge in [-0.05, 0) is 55.9 Å². The number of rotatable bonds is 2. The van der Waals surface area contributed by atoms with E-state index in [0.717, 1.165) is 11.6 Å². The Morgan fingerprint density at radius 1 is 1.29 bits per heavy atom. The van der Waals surface area contributed by atoms with Gasteiger partial charge in [-0.15, -0.1) is 10.2 Å². The molecule has 0 bridgehead atoms. The van der Waals surface area contributed by atoms with Crippen LogP contribution in [0.4, 0.5) is 0 Å². The fraction of sp³-hybridized carbons (Fsp3) is 0.429. The van der Waals surface area contributed by atoms with Crippen LogP contribution in [0.1, 0.15) is 42.1 Å². The van der Waals surface area contributed by atoms with E-state index in [2.05, 4.69) is 34.2 Å². The third-order valence-corrected chi connectivity index (χ3v) is 3.53. The lowest BCUT2D eigenvalue weighted by Gasteiger charge is -2.27. The number of aromatic amines is 1. The number of hydrogen-bond donors (Lipinski definition) is 1. The zero-order chi connectivity index (χ0) is 11.8. The molecule has 1 saturated carbocycles. The Morgan fingerprint density at radius 3 is 2.71 bits per heavy atom. The highest BCUT2D eigenvalue weighted by Crippen LogP contribution is 2.40. The van der Waals surface area contributed by atoms with Crippen molar-refractivity contribution in [3.63, 3.8) is 0 Å². The molecule has 1 fully saturated rings. The van der Waals surface area contributed by atoms with Crippen molar-refractivity contribution in [2.45, 2.75) is 39.0 Å². The van der Waals surface area contributed by atoms with Crippen LogP contribution in [0.15, 0.2) is 12.1 Å². The molecule has 0 unspecified atom stereocenters. The minimum Gasteiger partial charge on any atom is -0.325 e. The van der Waals surface area contributed by atoms with Gasteiger partial charge in [-0.2, -0.15) is 0 Å². The Hall–Kier alpha value is -1.64. The Balaban J connectivity index is 2.08. The monoisotopic (exact) mass is 226 g/mol. The fourth-order valence-corrected chi connectivity index (χ4v) is 2.35. The molecule has 3 rings (SSSR count). The van der Waals surface area contributed by atoms with E-state index in [4.69, 9.17) is 0 Å². The van der Waals surface area contributed by atoms with E-state index in [9.17, 15) is 0 Å². The molecule has 1 radical (unpaired) electrons. The molecule has 1 heterocycles. The average Bonchev–Trinajstić information content (AvgIpc) is 2.62. The maximum atomic E-state index is 4.19. The first-order chi connectivity index (χ1) is 8.24. The maximum Gasteiger partial charge on any atom is 0.161 e. The number of aryl methyl sites for hydroxylation is 2. The van der Waals surface area contributed by atoms with Crippen molar-refractivity contribution in [3.05, 3.63) is 35.2 Å². The molecule has 1 aromatic heterocycles. The number of nitrogens with zero attached hydrogens (tertiary/aromatic N) is 2. The van der Waals surface area contributed by atoms with Gasteiger partial charge in [-0.25, -0.2) is 0 Å². The highest BCUT2D eigenvalue weighted by Gasteiger charge is 2.23. The number of nitrogens with one attached hydrogen (secondary N) is 1. The van der Waals surface area contributed by atoms with Gasteiger partial charge in [0.25, 0.3) is 0 Å². The number of aromatic nitrogens is 3. The summed E-state index contributed by atoms with van der Waals surface area (Å²) < 4.78 is 0. The Bertz CT molecular complexity index is 538. The van der Waals surface area contributed by atoms with Gasteiger partial charge < -0.3 is 4.98 Å². The average molecular weight is 226 g/mol. The summed E-state index contributed by atoms with van der Waals surface area (Å²) in [7, 11) is 0. The van der Waals surface area contributed by atoms with E-state index >= 15 is 0 Å². The highest BCUT2D eigenvalue weighted by atomic mass is 15.2. The van der Waals surface area contributed by atoms with Crippen molar-refractivity contribution in [3.8, 4) is 11.4 Å². The third-order valence-electron chi connectivity index (χ3n) is 3.53. The lowest BCUT2D eigenvalue weighted by atomic mass is 9.77. The Labute approximate surface area is 101 Å². The standard InChI is InChI=1S/C14H16N3/c1-9-6-7-12(14-15-10(2)16-17-14)13(8-9)11-4-3-5-11/h7-8,11H,3-5H2,1-2H3,(H,15,16,17).